The van der Waals surface area contributed by atoms with Gasteiger partial charge in [-0.2, -0.15) is 0 Å². The number of pyridine rings is 3. The van der Waals surface area contributed by atoms with Crippen LogP contribution in [-0.2, 0) is 0 Å². The topological polar surface area (TPSA) is 103 Å². The second kappa shape index (κ2) is 8.52. The van der Waals surface area contributed by atoms with Crippen molar-refractivity contribution in [3.05, 3.63) is 87.4 Å². The number of H-pyrrole nitrogens is 1. The van der Waals surface area contributed by atoms with Crippen LogP contribution >= 0.6 is 11.6 Å². The van der Waals surface area contributed by atoms with Gasteiger partial charge in [0.1, 0.15) is 17.5 Å². The lowest BCUT2D eigenvalue weighted by Gasteiger charge is -2.15. The zero-order valence-corrected chi connectivity index (χ0v) is 16.9. The maximum atomic E-state index is 12.4. The molecule has 1 atom stereocenters. The fourth-order valence-electron chi connectivity index (χ4n) is 3.17. The van der Waals surface area contributed by atoms with Crippen LogP contribution in [0, 0.1) is 6.92 Å². The zero-order chi connectivity index (χ0) is 21.1. The highest BCUT2D eigenvalue weighted by Gasteiger charge is 2.13. The van der Waals surface area contributed by atoms with Crippen LogP contribution in [-0.4, -0.2) is 26.6 Å². The molecule has 0 aliphatic carbocycles. The van der Waals surface area contributed by atoms with Gasteiger partial charge in [-0.15, -0.1) is 0 Å². The van der Waals surface area contributed by atoms with Crippen LogP contribution in [0.3, 0.4) is 0 Å². The lowest BCUT2D eigenvalue weighted by atomic mass is 10.1. The van der Waals surface area contributed by atoms with Crippen molar-refractivity contribution in [2.24, 2.45) is 0 Å². The first-order valence-corrected chi connectivity index (χ1v) is 9.77. The molecule has 3 aromatic heterocycles. The SMILES string of the molecule is Cc1ccnc(Nc2cc3cc[nH]c(=O)c3c(NC[C@H](O)c3cccc(Cl)c3)n2)c1. The normalized spacial score (nSPS) is 12.0. The minimum atomic E-state index is -0.821. The summed E-state index contributed by atoms with van der Waals surface area (Å²) >= 11 is 6.01. The Morgan fingerprint density at radius 2 is 2.03 bits per heavy atom. The summed E-state index contributed by atoms with van der Waals surface area (Å²) in [7, 11) is 0. The molecule has 4 aromatic rings. The van der Waals surface area contributed by atoms with Gasteiger partial charge in [0.2, 0.25) is 0 Å². The Morgan fingerprint density at radius 3 is 2.83 bits per heavy atom. The van der Waals surface area contributed by atoms with Crippen molar-refractivity contribution in [1.82, 2.24) is 15.0 Å². The molecular formula is C22H20ClN5O2. The van der Waals surface area contributed by atoms with Crippen molar-refractivity contribution in [1.29, 1.82) is 0 Å². The van der Waals surface area contributed by atoms with Gasteiger partial charge < -0.3 is 20.7 Å². The number of aromatic nitrogens is 3. The fraction of sp³-hybridized carbons (Fsp3) is 0.136. The molecule has 0 amide bonds. The maximum Gasteiger partial charge on any atom is 0.259 e. The van der Waals surface area contributed by atoms with Gasteiger partial charge in [-0.1, -0.05) is 23.7 Å². The summed E-state index contributed by atoms with van der Waals surface area (Å²) in [5.41, 5.74) is 1.47. The highest BCUT2D eigenvalue weighted by Crippen LogP contribution is 2.25. The number of nitrogens with one attached hydrogen (secondary N) is 3. The largest absolute Gasteiger partial charge is 0.387 e. The number of aromatic amines is 1. The maximum absolute atomic E-state index is 12.4. The van der Waals surface area contributed by atoms with Gasteiger partial charge >= 0.3 is 0 Å². The number of rotatable bonds is 6. The van der Waals surface area contributed by atoms with Crippen molar-refractivity contribution in [2.75, 3.05) is 17.2 Å². The van der Waals surface area contributed by atoms with E-state index in [4.69, 9.17) is 11.6 Å². The number of aliphatic hydroxyl groups is 1. The predicted octanol–water partition coefficient (Wildman–Crippen LogP) is 4.17. The van der Waals surface area contributed by atoms with E-state index in [-0.39, 0.29) is 12.1 Å². The third kappa shape index (κ3) is 4.42. The van der Waals surface area contributed by atoms with Gasteiger partial charge in [0.15, 0.2) is 0 Å². The number of fused-ring (bicyclic) bond motifs is 1. The van der Waals surface area contributed by atoms with E-state index in [0.717, 1.165) is 5.56 Å². The van der Waals surface area contributed by atoms with Crippen LogP contribution in [0.15, 0.2) is 65.7 Å². The number of anilines is 3. The summed E-state index contributed by atoms with van der Waals surface area (Å²) in [6, 6.07) is 14.4. The van der Waals surface area contributed by atoms with Gasteiger partial charge in [0.05, 0.1) is 11.5 Å². The van der Waals surface area contributed by atoms with Crippen molar-refractivity contribution >= 4 is 39.8 Å². The molecule has 7 nitrogen and oxygen atoms in total. The molecule has 0 aliphatic heterocycles. The molecule has 4 rings (SSSR count). The highest BCUT2D eigenvalue weighted by atomic mass is 35.5. The third-order valence-corrected chi connectivity index (χ3v) is 4.86. The molecule has 0 aliphatic rings. The van der Waals surface area contributed by atoms with Crippen LogP contribution in [0.1, 0.15) is 17.2 Å². The summed E-state index contributed by atoms with van der Waals surface area (Å²) in [5.74, 6) is 1.55. The lowest BCUT2D eigenvalue weighted by molar-refractivity contribution is 0.191. The quantitative estimate of drug-likeness (QED) is 0.372. The number of halogens is 1. The van der Waals surface area contributed by atoms with Gasteiger partial charge in [-0.3, -0.25) is 4.79 Å². The highest BCUT2D eigenvalue weighted by molar-refractivity contribution is 6.30. The molecule has 0 bridgehead atoms. The predicted molar refractivity (Wildman–Crippen MR) is 120 cm³/mol. The molecule has 30 heavy (non-hydrogen) atoms. The number of benzene rings is 1. The van der Waals surface area contributed by atoms with E-state index < -0.39 is 6.10 Å². The van der Waals surface area contributed by atoms with E-state index in [1.165, 1.54) is 0 Å². The smallest absolute Gasteiger partial charge is 0.259 e. The summed E-state index contributed by atoms with van der Waals surface area (Å²) in [5, 5.41) is 18.5. The number of aliphatic hydroxyl groups excluding tert-OH is 1. The van der Waals surface area contributed by atoms with Crippen LogP contribution in [0.25, 0.3) is 10.8 Å². The second-order valence-electron chi connectivity index (χ2n) is 6.92. The van der Waals surface area contributed by atoms with Crippen LogP contribution in [0.2, 0.25) is 5.02 Å². The van der Waals surface area contributed by atoms with Crippen LogP contribution < -0.4 is 16.2 Å². The molecule has 152 valence electrons. The molecule has 3 heterocycles. The number of hydrogen-bond acceptors (Lipinski definition) is 6. The van der Waals surface area contributed by atoms with Gasteiger partial charge in [-0.05, 0) is 59.8 Å². The number of aryl methyl sites for hydroxylation is 1. The fourth-order valence-corrected chi connectivity index (χ4v) is 3.37. The Kier molecular flexibility index (Phi) is 5.65. The monoisotopic (exact) mass is 421 g/mol. The molecule has 0 radical (unpaired) electrons. The van der Waals surface area contributed by atoms with Crippen LogP contribution in [0.4, 0.5) is 17.5 Å². The molecule has 4 N–H and O–H groups in total. The summed E-state index contributed by atoms with van der Waals surface area (Å²) in [4.78, 5) is 23.9. The molecule has 8 heteroatoms. The minimum Gasteiger partial charge on any atom is -0.387 e. The van der Waals surface area contributed by atoms with Crippen LogP contribution in [0.5, 0.6) is 0 Å². The van der Waals surface area contributed by atoms with Crippen molar-refractivity contribution in [3.8, 4) is 0 Å². The Morgan fingerprint density at radius 1 is 1.17 bits per heavy atom. The lowest BCUT2D eigenvalue weighted by Crippen LogP contribution is -2.16. The number of nitrogens with zero attached hydrogens (tertiary/aromatic N) is 2. The molecule has 0 spiro atoms. The van der Waals surface area contributed by atoms with Crippen molar-refractivity contribution in [2.45, 2.75) is 13.0 Å². The van der Waals surface area contributed by atoms with E-state index in [1.807, 2.05) is 19.1 Å². The van der Waals surface area contributed by atoms with Crippen molar-refractivity contribution in [3.63, 3.8) is 0 Å². The Hall–Kier alpha value is -3.42. The first-order valence-electron chi connectivity index (χ1n) is 9.39. The molecular weight excluding hydrogens is 402 g/mol. The van der Waals surface area contributed by atoms with E-state index >= 15 is 0 Å². The van der Waals surface area contributed by atoms with E-state index in [2.05, 4.69) is 25.6 Å². The molecule has 0 saturated heterocycles. The van der Waals surface area contributed by atoms with Crippen molar-refractivity contribution < 1.29 is 5.11 Å². The Balaban J connectivity index is 1.66. The average Bonchev–Trinajstić information content (AvgIpc) is 2.72. The third-order valence-electron chi connectivity index (χ3n) is 4.62. The molecule has 1 aromatic carbocycles. The minimum absolute atomic E-state index is 0.156. The standard InChI is InChI=1S/C22H20ClN5O2/c1-13-5-7-24-18(9-13)27-19-11-15-6-8-25-22(30)20(15)21(28-19)26-12-17(29)14-3-2-4-16(23)10-14/h2-11,17,29H,12H2,1H3,(H,25,30)(H2,24,26,27,28)/t17-/m0/s1. The summed E-state index contributed by atoms with van der Waals surface area (Å²) in [6.07, 6.45) is 2.48. The molecule has 0 saturated carbocycles. The average molecular weight is 422 g/mol. The van der Waals surface area contributed by atoms with E-state index in [0.29, 0.717) is 38.8 Å². The van der Waals surface area contributed by atoms with E-state index in [1.54, 1.807) is 48.8 Å². The van der Waals surface area contributed by atoms with Gasteiger partial charge in [0, 0.05) is 24.0 Å². The summed E-state index contributed by atoms with van der Waals surface area (Å²) < 4.78 is 0. The zero-order valence-electron chi connectivity index (χ0n) is 16.2. The summed E-state index contributed by atoms with van der Waals surface area (Å²) in [6.45, 7) is 2.13. The number of hydrogen-bond donors (Lipinski definition) is 4. The van der Waals surface area contributed by atoms with Gasteiger partial charge in [0.25, 0.3) is 5.56 Å². The Labute approximate surface area is 177 Å². The Bertz CT molecular complexity index is 1260. The van der Waals surface area contributed by atoms with E-state index in [9.17, 15) is 9.90 Å². The first-order chi connectivity index (χ1) is 14.5. The first kappa shape index (κ1) is 19.9. The molecule has 0 fully saturated rings. The second-order valence-corrected chi connectivity index (χ2v) is 7.36. The molecule has 0 unspecified atom stereocenters. The van der Waals surface area contributed by atoms with Gasteiger partial charge in [-0.25, -0.2) is 9.97 Å².